The second-order valence-electron chi connectivity index (χ2n) is 6.17. The Morgan fingerprint density at radius 1 is 1.11 bits per heavy atom. The molecule has 2 aromatic carbocycles. The molecule has 0 saturated carbocycles. The van der Waals surface area contributed by atoms with Gasteiger partial charge in [0.05, 0.1) is 30.5 Å². The Hall–Kier alpha value is -3.74. The fraction of sp³-hybridized carbons (Fsp3) is 0.100. The third-order valence-corrected chi connectivity index (χ3v) is 4.38. The first-order valence-electron chi connectivity index (χ1n) is 8.44. The minimum Gasteiger partial charge on any atom is -0.329 e. The number of aromatic nitrogens is 1. The molecular weight excluding hydrogens is 344 g/mol. The Balaban J connectivity index is 1.58. The van der Waals surface area contributed by atoms with Crippen molar-refractivity contribution >= 4 is 34.4 Å². The van der Waals surface area contributed by atoms with Gasteiger partial charge >= 0.3 is 6.03 Å². The van der Waals surface area contributed by atoms with E-state index in [0.717, 1.165) is 15.8 Å². The molecule has 27 heavy (non-hydrogen) atoms. The molecule has 1 aromatic heterocycles. The summed E-state index contributed by atoms with van der Waals surface area (Å²) in [7, 11) is 0. The summed E-state index contributed by atoms with van der Waals surface area (Å²) in [5.74, 6) is -0.635. The van der Waals surface area contributed by atoms with E-state index >= 15 is 0 Å². The summed E-state index contributed by atoms with van der Waals surface area (Å²) >= 11 is 0. The third kappa shape index (κ3) is 3.35. The van der Waals surface area contributed by atoms with Crippen LogP contribution in [0.2, 0.25) is 0 Å². The summed E-state index contributed by atoms with van der Waals surface area (Å²) in [6.07, 6.45) is 1.60. The predicted molar refractivity (Wildman–Crippen MR) is 100 cm³/mol. The van der Waals surface area contributed by atoms with Crippen molar-refractivity contribution in [1.29, 1.82) is 0 Å². The number of nitrogens with one attached hydrogen (secondary N) is 2. The van der Waals surface area contributed by atoms with E-state index in [4.69, 9.17) is 0 Å². The lowest BCUT2D eigenvalue weighted by atomic mass is 10.1. The van der Waals surface area contributed by atoms with Crippen molar-refractivity contribution < 1.29 is 14.4 Å². The van der Waals surface area contributed by atoms with Crippen molar-refractivity contribution in [3.63, 3.8) is 0 Å². The molecule has 1 aliphatic heterocycles. The first kappa shape index (κ1) is 16.7. The van der Waals surface area contributed by atoms with Crippen LogP contribution in [0.5, 0.6) is 0 Å². The zero-order chi connectivity index (χ0) is 18.8. The van der Waals surface area contributed by atoms with Gasteiger partial charge in [-0.25, -0.2) is 4.79 Å². The van der Waals surface area contributed by atoms with Crippen LogP contribution >= 0.6 is 0 Å². The van der Waals surface area contributed by atoms with Crippen molar-refractivity contribution in [2.75, 3.05) is 11.9 Å². The van der Waals surface area contributed by atoms with E-state index in [9.17, 15) is 14.4 Å². The van der Waals surface area contributed by atoms with Crippen LogP contribution in [0.15, 0.2) is 60.8 Å². The highest BCUT2D eigenvalue weighted by molar-refractivity contribution is 6.06. The minimum absolute atomic E-state index is 0.0179. The molecule has 1 fully saturated rings. The molecule has 4 amide bonds. The number of imide groups is 1. The van der Waals surface area contributed by atoms with Crippen molar-refractivity contribution in [2.45, 2.75) is 6.54 Å². The van der Waals surface area contributed by atoms with Crippen LogP contribution in [0, 0.1) is 0 Å². The third-order valence-electron chi connectivity index (χ3n) is 4.38. The van der Waals surface area contributed by atoms with E-state index in [0.29, 0.717) is 16.8 Å². The fourth-order valence-electron chi connectivity index (χ4n) is 3.00. The number of nitrogens with zero attached hydrogens (tertiary/aromatic N) is 2. The van der Waals surface area contributed by atoms with Gasteiger partial charge in [-0.05, 0) is 23.8 Å². The van der Waals surface area contributed by atoms with E-state index in [1.807, 2.05) is 30.3 Å². The van der Waals surface area contributed by atoms with Gasteiger partial charge in [-0.2, -0.15) is 0 Å². The number of amides is 4. The molecule has 0 radical (unpaired) electrons. The van der Waals surface area contributed by atoms with Crippen LogP contribution in [0.3, 0.4) is 0 Å². The number of rotatable bonds is 4. The summed E-state index contributed by atoms with van der Waals surface area (Å²) in [5, 5.41) is 6.23. The summed E-state index contributed by atoms with van der Waals surface area (Å²) in [4.78, 5) is 41.8. The summed E-state index contributed by atoms with van der Waals surface area (Å²) in [6.45, 7) is 0.0280. The summed E-state index contributed by atoms with van der Waals surface area (Å²) in [6, 6.07) is 15.9. The fourth-order valence-corrected chi connectivity index (χ4v) is 3.00. The van der Waals surface area contributed by atoms with Crippen LogP contribution in [-0.2, 0) is 11.3 Å². The quantitative estimate of drug-likeness (QED) is 0.700. The molecule has 0 aliphatic carbocycles. The summed E-state index contributed by atoms with van der Waals surface area (Å²) < 4.78 is 0. The van der Waals surface area contributed by atoms with Crippen molar-refractivity contribution in [1.82, 2.24) is 15.2 Å². The molecule has 0 spiro atoms. The van der Waals surface area contributed by atoms with Gasteiger partial charge in [0.25, 0.3) is 5.91 Å². The highest BCUT2D eigenvalue weighted by Gasteiger charge is 2.29. The second kappa shape index (κ2) is 6.87. The van der Waals surface area contributed by atoms with Gasteiger partial charge in [-0.3, -0.25) is 19.5 Å². The Morgan fingerprint density at radius 3 is 2.70 bits per heavy atom. The molecule has 7 heteroatoms. The van der Waals surface area contributed by atoms with Crippen LogP contribution in [-0.4, -0.2) is 34.3 Å². The van der Waals surface area contributed by atoms with Crippen LogP contribution in [0.1, 0.15) is 15.9 Å². The Kier molecular flexibility index (Phi) is 4.25. The number of carbonyl (C=O) groups is 3. The molecule has 7 nitrogen and oxygen atoms in total. The number of benzene rings is 2. The van der Waals surface area contributed by atoms with Gasteiger partial charge in [0.15, 0.2) is 0 Å². The Morgan fingerprint density at radius 2 is 1.89 bits per heavy atom. The van der Waals surface area contributed by atoms with Gasteiger partial charge in [-0.1, -0.05) is 36.4 Å². The second-order valence-corrected chi connectivity index (χ2v) is 6.17. The zero-order valence-electron chi connectivity index (χ0n) is 14.3. The van der Waals surface area contributed by atoms with Crippen molar-refractivity contribution in [3.05, 3.63) is 71.9 Å². The van der Waals surface area contributed by atoms with E-state index in [-0.39, 0.29) is 24.9 Å². The lowest BCUT2D eigenvalue weighted by Crippen LogP contribution is -2.31. The van der Waals surface area contributed by atoms with Crippen LogP contribution in [0.4, 0.5) is 10.5 Å². The number of hydrogen-bond acceptors (Lipinski definition) is 4. The molecule has 4 rings (SSSR count). The molecule has 1 saturated heterocycles. The smallest absolute Gasteiger partial charge is 0.324 e. The van der Waals surface area contributed by atoms with E-state index in [1.54, 1.807) is 30.5 Å². The maximum absolute atomic E-state index is 12.8. The molecule has 0 bridgehead atoms. The molecule has 2 N–H and O–H groups in total. The van der Waals surface area contributed by atoms with E-state index in [1.165, 1.54) is 0 Å². The number of pyridine rings is 1. The lowest BCUT2D eigenvalue weighted by molar-refractivity contribution is -0.125. The monoisotopic (exact) mass is 360 g/mol. The lowest BCUT2D eigenvalue weighted by Gasteiger charge is -2.15. The molecule has 1 aliphatic rings. The van der Waals surface area contributed by atoms with Crippen LogP contribution < -0.4 is 10.6 Å². The number of hydrogen-bond donors (Lipinski definition) is 2. The van der Waals surface area contributed by atoms with Gasteiger partial charge in [0.2, 0.25) is 5.91 Å². The van der Waals surface area contributed by atoms with E-state index in [2.05, 4.69) is 15.6 Å². The molecular formula is C20H16N4O3. The van der Waals surface area contributed by atoms with Crippen LogP contribution in [0.25, 0.3) is 10.9 Å². The number of para-hydroxylation sites is 1. The van der Waals surface area contributed by atoms with E-state index < -0.39 is 6.03 Å². The number of fused-ring (bicyclic) bond motifs is 1. The zero-order valence-corrected chi connectivity index (χ0v) is 14.3. The Labute approximate surface area is 155 Å². The maximum Gasteiger partial charge on any atom is 0.324 e. The first-order chi connectivity index (χ1) is 13.1. The molecule has 0 atom stereocenters. The topological polar surface area (TPSA) is 91.4 Å². The van der Waals surface area contributed by atoms with Gasteiger partial charge in [0, 0.05) is 10.9 Å². The van der Waals surface area contributed by atoms with Crippen molar-refractivity contribution in [2.24, 2.45) is 0 Å². The maximum atomic E-state index is 12.8. The molecule has 3 aromatic rings. The SMILES string of the molecule is O=C(Nc1cnc2ccccc2c1)c1ccccc1CN1C(=O)CNC1=O. The van der Waals surface area contributed by atoms with Gasteiger partial charge in [0.1, 0.15) is 0 Å². The number of urea groups is 1. The number of anilines is 1. The normalized spacial score (nSPS) is 13.7. The molecule has 0 unspecified atom stereocenters. The molecule has 2 heterocycles. The van der Waals surface area contributed by atoms with Gasteiger partial charge < -0.3 is 10.6 Å². The standard InChI is InChI=1S/C20H16N4O3/c25-18-11-22-20(27)24(18)12-14-6-1-3-7-16(14)19(26)23-15-9-13-5-2-4-8-17(13)21-10-15/h1-10H,11-12H2,(H,22,27)(H,23,26). The van der Waals surface area contributed by atoms with Gasteiger partial charge in [-0.15, -0.1) is 0 Å². The average molecular weight is 360 g/mol. The largest absolute Gasteiger partial charge is 0.329 e. The highest BCUT2D eigenvalue weighted by Crippen LogP contribution is 2.19. The molecule has 134 valence electrons. The Bertz CT molecular complexity index is 1050. The first-order valence-corrected chi connectivity index (χ1v) is 8.44. The summed E-state index contributed by atoms with van der Waals surface area (Å²) in [5.41, 5.74) is 2.41. The number of carbonyl (C=O) groups excluding carboxylic acids is 3. The van der Waals surface area contributed by atoms with Crippen molar-refractivity contribution in [3.8, 4) is 0 Å². The predicted octanol–water partition coefficient (Wildman–Crippen LogP) is 2.54. The highest BCUT2D eigenvalue weighted by atomic mass is 16.2. The minimum atomic E-state index is -0.450. The average Bonchev–Trinajstić information content (AvgIpc) is 3.00.